The summed E-state index contributed by atoms with van der Waals surface area (Å²) in [5.41, 5.74) is 0.208. The summed E-state index contributed by atoms with van der Waals surface area (Å²) in [5.74, 6) is -0.887. The predicted molar refractivity (Wildman–Crippen MR) is 103 cm³/mol. The first kappa shape index (κ1) is 20.1. The van der Waals surface area contributed by atoms with E-state index in [1.807, 2.05) is 0 Å². The molecule has 6 nitrogen and oxygen atoms in total. The van der Waals surface area contributed by atoms with Crippen molar-refractivity contribution >= 4 is 33.3 Å². The van der Waals surface area contributed by atoms with Crippen molar-refractivity contribution in [1.29, 1.82) is 0 Å². The fourth-order valence-corrected chi connectivity index (χ4v) is 5.89. The molecule has 27 heavy (non-hydrogen) atoms. The highest BCUT2D eigenvalue weighted by Crippen LogP contribution is 2.28. The Hall–Kier alpha value is -1.60. The van der Waals surface area contributed by atoms with Crippen molar-refractivity contribution in [2.75, 3.05) is 18.1 Å². The number of sulfone groups is 1. The van der Waals surface area contributed by atoms with E-state index in [2.05, 4.69) is 0 Å². The summed E-state index contributed by atoms with van der Waals surface area (Å²) in [4.78, 5) is 26.8. The number of amides is 1. The molecule has 0 bridgehead atoms. The Morgan fingerprint density at radius 1 is 1.07 bits per heavy atom. The monoisotopic (exact) mass is 413 g/mol. The Morgan fingerprint density at radius 3 is 2.41 bits per heavy atom. The first-order chi connectivity index (χ1) is 12.9. The standard InChI is InChI=1S/C19H24ClNO5S/c20-17-9-5-4-8-16(17)19(23)26-12-18(22)21(14-6-2-1-3-7-14)15-10-11-27(24,25)13-15/h4-5,8-9,14-15H,1-3,6-7,10-13H2/t15-/m0/s1. The van der Waals surface area contributed by atoms with Gasteiger partial charge in [0.25, 0.3) is 5.91 Å². The van der Waals surface area contributed by atoms with Crippen LogP contribution in [-0.2, 0) is 19.4 Å². The van der Waals surface area contributed by atoms with Crippen LogP contribution in [0.25, 0.3) is 0 Å². The molecule has 1 saturated heterocycles. The van der Waals surface area contributed by atoms with Gasteiger partial charge in [-0.25, -0.2) is 13.2 Å². The van der Waals surface area contributed by atoms with E-state index in [4.69, 9.17) is 16.3 Å². The van der Waals surface area contributed by atoms with E-state index < -0.39 is 22.4 Å². The molecule has 2 aliphatic rings. The van der Waals surface area contributed by atoms with Crippen LogP contribution in [0.5, 0.6) is 0 Å². The van der Waals surface area contributed by atoms with E-state index in [1.165, 1.54) is 6.07 Å². The predicted octanol–water partition coefficient (Wildman–Crippen LogP) is 2.85. The number of hydrogen-bond acceptors (Lipinski definition) is 5. The lowest BCUT2D eigenvalue weighted by molar-refractivity contribution is -0.140. The zero-order valence-electron chi connectivity index (χ0n) is 15.1. The number of ether oxygens (including phenoxy) is 1. The Labute approximate surface area is 164 Å². The third-order valence-corrected chi connectivity index (χ3v) is 7.36. The highest BCUT2D eigenvalue weighted by Gasteiger charge is 2.38. The van der Waals surface area contributed by atoms with Crippen molar-refractivity contribution in [3.8, 4) is 0 Å². The fourth-order valence-electron chi connectivity index (χ4n) is 3.97. The van der Waals surface area contributed by atoms with Crippen molar-refractivity contribution in [2.45, 2.75) is 50.6 Å². The lowest BCUT2D eigenvalue weighted by Gasteiger charge is -2.38. The molecule has 1 saturated carbocycles. The van der Waals surface area contributed by atoms with Crippen molar-refractivity contribution < 1.29 is 22.7 Å². The Morgan fingerprint density at radius 2 is 1.78 bits per heavy atom. The summed E-state index contributed by atoms with van der Waals surface area (Å²) in [6.07, 6.45) is 5.34. The van der Waals surface area contributed by atoms with Gasteiger partial charge in [-0.05, 0) is 31.4 Å². The van der Waals surface area contributed by atoms with Gasteiger partial charge in [0.05, 0.1) is 22.1 Å². The minimum atomic E-state index is -3.11. The summed E-state index contributed by atoms with van der Waals surface area (Å²) in [5, 5.41) is 0.265. The molecule has 1 heterocycles. The minimum absolute atomic E-state index is 0.00625. The molecule has 2 fully saturated rings. The van der Waals surface area contributed by atoms with Gasteiger partial charge in [-0.3, -0.25) is 4.79 Å². The van der Waals surface area contributed by atoms with Crippen LogP contribution < -0.4 is 0 Å². The molecule has 1 amide bonds. The van der Waals surface area contributed by atoms with Gasteiger partial charge in [0.2, 0.25) is 0 Å². The van der Waals surface area contributed by atoms with Gasteiger partial charge < -0.3 is 9.64 Å². The van der Waals surface area contributed by atoms with E-state index in [-0.39, 0.29) is 40.1 Å². The van der Waals surface area contributed by atoms with Crippen molar-refractivity contribution in [3.05, 3.63) is 34.9 Å². The molecule has 148 valence electrons. The average Bonchev–Trinajstić information content (AvgIpc) is 3.00. The molecule has 3 rings (SSSR count). The zero-order valence-corrected chi connectivity index (χ0v) is 16.7. The number of carbonyl (C=O) groups excluding carboxylic acids is 2. The Bertz CT molecular complexity index is 804. The molecular formula is C19H24ClNO5S. The number of halogens is 1. The summed E-state index contributed by atoms with van der Waals surface area (Å²) in [6.45, 7) is -0.406. The van der Waals surface area contributed by atoms with Crippen LogP contribution in [-0.4, -0.2) is 55.4 Å². The third-order valence-electron chi connectivity index (χ3n) is 5.28. The smallest absolute Gasteiger partial charge is 0.340 e. The highest BCUT2D eigenvalue weighted by atomic mass is 35.5. The van der Waals surface area contributed by atoms with Crippen LogP contribution in [0.3, 0.4) is 0 Å². The average molecular weight is 414 g/mol. The maximum atomic E-state index is 12.9. The fraction of sp³-hybridized carbons (Fsp3) is 0.579. The largest absolute Gasteiger partial charge is 0.452 e. The van der Waals surface area contributed by atoms with E-state index in [0.29, 0.717) is 6.42 Å². The maximum absolute atomic E-state index is 12.9. The van der Waals surface area contributed by atoms with Crippen molar-refractivity contribution in [3.63, 3.8) is 0 Å². The number of benzene rings is 1. The van der Waals surface area contributed by atoms with E-state index in [1.54, 1.807) is 23.1 Å². The number of hydrogen-bond donors (Lipinski definition) is 0. The Balaban J connectivity index is 1.69. The molecule has 8 heteroatoms. The second-order valence-electron chi connectivity index (χ2n) is 7.21. The van der Waals surface area contributed by atoms with E-state index >= 15 is 0 Å². The van der Waals surface area contributed by atoms with Crippen LogP contribution in [0.2, 0.25) is 5.02 Å². The number of nitrogens with zero attached hydrogens (tertiary/aromatic N) is 1. The lowest BCUT2D eigenvalue weighted by atomic mass is 9.93. The number of esters is 1. The molecule has 0 N–H and O–H groups in total. The SMILES string of the molecule is O=C(OCC(=O)N(C1CCCCC1)[C@H]1CCS(=O)(=O)C1)c1ccccc1Cl. The van der Waals surface area contributed by atoms with Crippen LogP contribution >= 0.6 is 11.6 Å². The summed E-state index contributed by atoms with van der Waals surface area (Å²) < 4.78 is 29.0. The molecule has 1 aliphatic carbocycles. The first-order valence-electron chi connectivity index (χ1n) is 9.30. The quantitative estimate of drug-likeness (QED) is 0.693. The maximum Gasteiger partial charge on any atom is 0.340 e. The molecule has 1 atom stereocenters. The second-order valence-corrected chi connectivity index (χ2v) is 9.84. The van der Waals surface area contributed by atoms with E-state index in [0.717, 1.165) is 32.1 Å². The highest BCUT2D eigenvalue weighted by molar-refractivity contribution is 7.91. The summed E-state index contributed by atoms with van der Waals surface area (Å²) in [6, 6.07) is 6.18. The van der Waals surface area contributed by atoms with Gasteiger partial charge in [-0.2, -0.15) is 0 Å². The van der Waals surface area contributed by atoms with Crippen LogP contribution in [0.1, 0.15) is 48.9 Å². The molecule has 0 spiro atoms. The van der Waals surface area contributed by atoms with E-state index in [9.17, 15) is 18.0 Å². The van der Waals surface area contributed by atoms with Crippen LogP contribution in [0.4, 0.5) is 0 Å². The zero-order chi connectivity index (χ0) is 19.4. The Kier molecular flexibility index (Phi) is 6.42. The second kappa shape index (κ2) is 8.61. The topological polar surface area (TPSA) is 80.8 Å². The van der Waals surface area contributed by atoms with Gasteiger partial charge in [-0.1, -0.05) is 43.0 Å². The minimum Gasteiger partial charge on any atom is -0.452 e. The van der Waals surface area contributed by atoms with Crippen LogP contribution in [0, 0.1) is 0 Å². The van der Waals surface area contributed by atoms with Gasteiger partial charge in [-0.15, -0.1) is 0 Å². The lowest BCUT2D eigenvalue weighted by Crippen LogP contribution is -2.50. The molecule has 0 unspecified atom stereocenters. The summed E-state index contributed by atoms with van der Waals surface area (Å²) >= 11 is 5.99. The van der Waals surface area contributed by atoms with Gasteiger partial charge in [0.1, 0.15) is 0 Å². The molecule has 0 radical (unpaired) electrons. The number of rotatable bonds is 5. The molecule has 1 aromatic rings. The van der Waals surface area contributed by atoms with Crippen molar-refractivity contribution in [2.24, 2.45) is 0 Å². The van der Waals surface area contributed by atoms with Crippen molar-refractivity contribution in [1.82, 2.24) is 4.90 Å². The van der Waals surface area contributed by atoms with Gasteiger partial charge >= 0.3 is 5.97 Å². The molecular weight excluding hydrogens is 390 g/mol. The van der Waals surface area contributed by atoms with Crippen LogP contribution in [0.15, 0.2) is 24.3 Å². The van der Waals surface area contributed by atoms with Gasteiger partial charge in [0, 0.05) is 12.1 Å². The first-order valence-corrected chi connectivity index (χ1v) is 11.5. The van der Waals surface area contributed by atoms with Gasteiger partial charge in [0.15, 0.2) is 16.4 Å². The molecule has 0 aromatic heterocycles. The third kappa shape index (κ3) is 5.02. The normalized spacial score (nSPS) is 22.3. The summed E-state index contributed by atoms with van der Waals surface area (Å²) in [7, 11) is -3.11. The molecule has 1 aromatic carbocycles. The number of carbonyl (C=O) groups is 2. The molecule has 1 aliphatic heterocycles.